The van der Waals surface area contributed by atoms with Crippen LogP contribution in [0.25, 0.3) is 0 Å². The molecule has 78 valence electrons. The number of rotatable bonds is 3. The molecule has 0 N–H and O–H groups in total. The highest BCUT2D eigenvalue weighted by Crippen LogP contribution is 2.15. The maximum absolute atomic E-state index is 11.7. The maximum Gasteiger partial charge on any atom is 0.264 e. The molecule has 0 unspecified atom stereocenters. The second-order valence-corrected chi connectivity index (χ2v) is 4.85. The Labute approximate surface area is 84.1 Å². The van der Waals surface area contributed by atoms with Gasteiger partial charge in [0, 0.05) is 7.05 Å². The number of hydrogen-bond acceptors (Lipinski definition) is 3. The van der Waals surface area contributed by atoms with Gasteiger partial charge in [0.25, 0.3) is 10.0 Å². The van der Waals surface area contributed by atoms with Crippen molar-refractivity contribution >= 4 is 10.0 Å². The van der Waals surface area contributed by atoms with Gasteiger partial charge in [-0.15, -0.1) is 0 Å². The lowest BCUT2D eigenvalue weighted by Crippen LogP contribution is -2.25. The Bertz CT molecular complexity index is 414. The van der Waals surface area contributed by atoms with Gasteiger partial charge >= 0.3 is 0 Å². The lowest BCUT2D eigenvalue weighted by atomic mass is 10.2. The topological polar surface area (TPSA) is 46.6 Å². The molecule has 0 fully saturated rings. The van der Waals surface area contributed by atoms with Crippen LogP contribution in [-0.4, -0.2) is 27.0 Å². The quantitative estimate of drug-likeness (QED) is 0.711. The average Bonchev–Trinajstić information content (AvgIpc) is 2.16. The van der Waals surface area contributed by atoms with Crippen LogP contribution in [0.1, 0.15) is 5.56 Å². The van der Waals surface area contributed by atoms with Crippen LogP contribution >= 0.6 is 0 Å². The lowest BCUT2D eigenvalue weighted by Gasteiger charge is -2.14. The third kappa shape index (κ3) is 2.12. The fraction of sp³-hybridized carbons (Fsp3) is 0.333. The molecule has 0 aliphatic carbocycles. The van der Waals surface area contributed by atoms with Crippen molar-refractivity contribution in [3.8, 4) is 0 Å². The van der Waals surface area contributed by atoms with Crippen molar-refractivity contribution in [2.75, 3.05) is 14.2 Å². The summed E-state index contributed by atoms with van der Waals surface area (Å²) in [5.74, 6) is 0. The smallest absolute Gasteiger partial charge is 0.264 e. The minimum atomic E-state index is -3.50. The van der Waals surface area contributed by atoms with E-state index in [0.29, 0.717) is 0 Å². The summed E-state index contributed by atoms with van der Waals surface area (Å²) in [6.45, 7) is 1.84. The zero-order valence-corrected chi connectivity index (χ0v) is 9.21. The van der Waals surface area contributed by atoms with Crippen molar-refractivity contribution < 1.29 is 13.3 Å². The number of benzene rings is 1. The molecule has 4 nitrogen and oxygen atoms in total. The van der Waals surface area contributed by atoms with Crippen LogP contribution < -0.4 is 0 Å². The van der Waals surface area contributed by atoms with Gasteiger partial charge in [-0.3, -0.25) is 4.84 Å². The molecule has 0 aromatic heterocycles. The summed E-state index contributed by atoms with van der Waals surface area (Å²) >= 11 is 0. The summed E-state index contributed by atoms with van der Waals surface area (Å²) in [6.07, 6.45) is 0. The van der Waals surface area contributed by atoms with Crippen LogP contribution in [0.4, 0.5) is 0 Å². The highest BCUT2D eigenvalue weighted by atomic mass is 32.2. The van der Waals surface area contributed by atoms with Gasteiger partial charge in [-0.25, -0.2) is 8.42 Å². The van der Waals surface area contributed by atoms with Gasteiger partial charge in [-0.2, -0.15) is 0 Å². The molecule has 1 rings (SSSR count). The first-order chi connectivity index (χ1) is 6.48. The van der Waals surface area contributed by atoms with Crippen molar-refractivity contribution in [1.82, 2.24) is 4.47 Å². The van der Waals surface area contributed by atoms with Crippen LogP contribution in [0.15, 0.2) is 29.2 Å². The molecule has 0 atom stereocenters. The third-order valence-corrected chi connectivity index (χ3v) is 3.56. The molecule has 0 saturated heterocycles. The number of aryl methyl sites for hydroxylation is 1. The van der Waals surface area contributed by atoms with Gasteiger partial charge in [-0.05, 0) is 24.6 Å². The van der Waals surface area contributed by atoms with E-state index in [9.17, 15) is 8.42 Å². The molecule has 0 saturated carbocycles. The number of hydroxylamine groups is 1. The third-order valence-electron chi connectivity index (χ3n) is 1.88. The summed E-state index contributed by atoms with van der Waals surface area (Å²) in [5, 5.41) is 0. The van der Waals surface area contributed by atoms with Crippen molar-refractivity contribution in [3.63, 3.8) is 0 Å². The van der Waals surface area contributed by atoms with Crippen molar-refractivity contribution in [2.45, 2.75) is 11.8 Å². The van der Waals surface area contributed by atoms with Crippen LogP contribution in [-0.2, 0) is 14.9 Å². The molecule has 1 aromatic carbocycles. The molecule has 0 aliphatic rings. The largest absolute Gasteiger partial charge is 0.288 e. The Kier molecular flexibility index (Phi) is 3.25. The standard InChI is InChI=1S/C9H13NO3S/c1-8-5-4-6-9(7-8)14(11,12)10(2)13-3/h4-7H,1-3H3. The van der Waals surface area contributed by atoms with Gasteiger partial charge < -0.3 is 0 Å². The Morgan fingerprint density at radius 1 is 1.36 bits per heavy atom. The van der Waals surface area contributed by atoms with E-state index >= 15 is 0 Å². The first-order valence-electron chi connectivity index (χ1n) is 4.08. The number of nitrogens with zero attached hydrogens (tertiary/aromatic N) is 1. The van der Waals surface area contributed by atoms with Crippen molar-refractivity contribution in [3.05, 3.63) is 29.8 Å². The Morgan fingerprint density at radius 3 is 2.50 bits per heavy atom. The molecule has 14 heavy (non-hydrogen) atoms. The monoisotopic (exact) mass is 215 g/mol. The molecular weight excluding hydrogens is 202 g/mol. The van der Waals surface area contributed by atoms with Gasteiger partial charge in [0.1, 0.15) is 0 Å². The molecule has 0 amide bonds. The number of hydrogen-bond donors (Lipinski definition) is 0. The molecule has 0 radical (unpaired) electrons. The van der Waals surface area contributed by atoms with Crippen LogP contribution in [0, 0.1) is 6.92 Å². The van der Waals surface area contributed by atoms with Crippen LogP contribution in [0.3, 0.4) is 0 Å². The van der Waals surface area contributed by atoms with E-state index in [-0.39, 0.29) is 4.90 Å². The Hall–Kier alpha value is -0.910. The highest BCUT2D eigenvalue weighted by Gasteiger charge is 2.20. The Morgan fingerprint density at radius 2 is 2.00 bits per heavy atom. The van der Waals surface area contributed by atoms with E-state index in [4.69, 9.17) is 0 Å². The molecule has 0 aliphatic heterocycles. The SMILES string of the molecule is CON(C)S(=O)(=O)c1cccc(C)c1. The molecule has 0 bridgehead atoms. The van der Waals surface area contributed by atoms with E-state index < -0.39 is 10.0 Å². The van der Waals surface area contributed by atoms with Gasteiger partial charge in [0.2, 0.25) is 0 Å². The zero-order chi connectivity index (χ0) is 10.8. The van der Waals surface area contributed by atoms with Crippen molar-refractivity contribution in [1.29, 1.82) is 0 Å². The van der Waals surface area contributed by atoms with E-state index in [0.717, 1.165) is 10.0 Å². The van der Waals surface area contributed by atoms with Gasteiger partial charge in [0.05, 0.1) is 12.0 Å². The molecular formula is C9H13NO3S. The lowest BCUT2D eigenvalue weighted by molar-refractivity contribution is -0.0258. The molecule has 5 heteroatoms. The van der Waals surface area contributed by atoms with Gasteiger partial charge in [0.15, 0.2) is 0 Å². The summed E-state index contributed by atoms with van der Waals surface area (Å²) in [6, 6.07) is 6.68. The van der Waals surface area contributed by atoms with Crippen molar-refractivity contribution in [2.24, 2.45) is 0 Å². The average molecular weight is 215 g/mol. The molecule has 0 spiro atoms. The summed E-state index contributed by atoms with van der Waals surface area (Å²) < 4.78 is 24.3. The Balaban J connectivity index is 3.17. The van der Waals surface area contributed by atoms with Crippen LogP contribution in [0.2, 0.25) is 0 Å². The second-order valence-electron chi connectivity index (χ2n) is 2.91. The molecule has 1 aromatic rings. The van der Waals surface area contributed by atoms with E-state index in [1.807, 2.05) is 13.0 Å². The predicted octanol–water partition coefficient (Wildman–Crippen LogP) is 1.18. The minimum Gasteiger partial charge on any atom is -0.288 e. The summed E-state index contributed by atoms with van der Waals surface area (Å²) in [5.41, 5.74) is 0.899. The highest BCUT2D eigenvalue weighted by molar-refractivity contribution is 7.89. The zero-order valence-electron chi connectivity index (χ0n) is 8.39. The minimum absolute atomic E-state index is 0.238. The van der Waals surface area contributed by atoms with E-state index in [2.05, 4.69) is 4.84 Å². The predicted molar refractivity (Wildman–Crippen MR) is 53.1 cm³/mol. The van der Waals surface area contributed by atoms with Gasteiger partial charge in [-0.1, -0.05) is 16.6 Å². The first-order valence-corrected chi connectivity index (χ1v) is 5.52. The normalized spacial score (nSPS) is 12.0. The van der Waals surface area contributed by atoms with E-state index in [1.165, 1.54) is 20.2 Å². The summed E-state index contributed by atoms with van der Waals surface area (Å²) in [4.78, 5) is 4.89. The first kappa shape index (κ1) is 11.2. The maximum atomic E-state index is 11.7. The molecule has 0 heterocycles. The fourth-order valence-corrected chi connectivity index (χ4v) is 2.10. The van der Waals surface area contributed by atoms with E-state index in [1.54, 1.807) is 12.1 Å². The van der Waals surface area contributed by atoms with Crippen LogP contribution in [0.5, 0.6) is 0 Å². The second kappa shape index (κ2) is 4.08. The summed E-state index contributed by atoms with van der Waals surface area (Å²) in [7, 11) is -0.829. The number of sulfonamides is 1. The fourth-order valence-electron chi connectivity index (χ4n) is 1.02.